The van der Waals surface area contributed by atoms with Crippen LogP contribution in [0.4, 0.5) is 0 Å². The Hall–Kier alpha value is -0.860. The van der Waals surface area contributed by atoms with Gasteiger partial charge in [-0.15, -0.1) is 0 Å². The van der Waals surface area contributed by atoms with Gasteiger partial charge in [0.05, 0.1) is 6.61 Å². The SMILES string of the molecule is CN1Cc2ccc(CO)cc2C1. The van der Waals surface area contributed by atoms with Crippen LogP contribution in [-0.4, -0.2) is 17.1 Å². The Morgan fingerprint density at radius 2 is 2.08 bits per heavy atom. The summed E-state index contributed by atoms with van der Waals surface area (Å²) < 4.78 is 0. The summed E-state index contributed by atoms with van der Waals surface area (Å²) in [7, 11) is 2.11. The monoisotopic (exact) mass is 163 g/mol. The Morgan fingerprint density at radius 1 is 1.33 bits per heavy atom. The van der Waals surface area contributed by atoms with Crippen molar-refractivity contribution in [1.29, 1.82) is 0 Å². The molecular formula is C10H13NO. The minimum Gasteiger partial charge on any atom is -0.392 e. The molecule has 0 radical (unpaired) electrons. The fourth-order valence-electron chi connectivity index (χ4n) is 1.72. The van der Waals surface area contributed by atoms with Gasteiger partial charge in [-0.05, 0) is 23.7 Å². The summed E-state index contributed by atoms with van der Waals surface area (Å²) in [5, 5.41) is 8.92. The van der Waals surface area contributed by atoms with E-state index in [2.05, 4.69) is 24.1 Å². The molecule has 0 spiro atoms. The lowest BCUT2D eigenvalue weighted by Crippen LogP contribution is -2.07. The van der Waals surface area contributed by atoms with E-state index < -0.39 is 0 Å². The van der Waals surface area contributed by atoms with E-state index in [1.807, 2.05) is 6.07 Å². The van der Waals surface area contributed by atoms with Gasteiger partial charge in [0, 0.05) is 13.1 Å². The maximum Gasteiger partial charge on any atom is 0.0681 e. The second kappa shape index (κ2) is 2.88. The van der Waals surface area contributed by atoms with Crippen molar-refractivity contribution >= 4 is 0 Å². The summed E-state index contributed by atoms with van der Waals surface area (Å²) in [6.07, 6.45) is 0. The van der Waals surface area contributed by atoms with E-state index in [0.29, 0.717) is 0 Å². The van der Waals surface area contributed by atoms with Gasteiger partial charge in [-0.1, -0.05) is 18.2 Å². The largest absolute Gasteiger partial charge is 0.392 e. The minimum absolute atomic E-state index is 0.150. The maximum atomic E-state index is 8.92. The normalized spacial score (nSPS) is 16.5. The van der Waals surface area contributed by atoms with Crippen LogP contribution in [0.15, 0.2) is 18.2 Å². The van der Waals surface area contributed by atoms with Crippen molar-refractivity contribution in [3.05, 3.63) is 34.9 Å². The van der Waals surface area contributed by atoms with Crippen LogP contribution in [-0.2, 0) is 19.7 Å². The predicted octanol–water partition coefficient (Wildman–Crippen LogP) is 1.12. The van der Waals surface area contributed by atoms with Gasteiger partial charge in [0.1, 0.15) is 0 Å². The number of hydrogen-bond donors (Lipinski definition) is 1. The molecule has 12 heavy (non-hydrogen) atoms. The molecule has 0 aromatic heterocycles. The number of aliphatic hydroxyl groups is 1. The smallest absolute Gasteiger partial charge is 0.0681 e. The Bertz CT molecular complexity index is 296. The lowest BCUT2D eigenvalue weighted by atomic mass is 10.1. The topological polar surface area (TPSA) is 23.5 Å². The van der Waals surface area contributed by atoms with Crippen molar-refractivity contribution in [2.45, 2.75) is 19.7 Å². The lowest BCUT2D eigenvalue weighted by Gasteiger charge is -2.02. The van der Waals surface area contributed by atoms with Crippen molar-refractivity contribution in [3.8, 4) is 0 Å². The summed E-state index contributed by atoms with van der Waals surface area (Å²) in [5.74, 6) is 0. The van der Waals surface area contributed by atoms with Crippen molar-refractivity contribution in [3.63, 3.8) is 0 Å². The van der Waals surface area contributed by atoms with E-state index in [-0.39, 0.29) is 6.61 Å². The van der Waals surface area contributed by atoms with E-state index in [0.717, 1.165) is 18.7 Å². The molecule has 0 aliphatic carbocycles. The van der Waals surface area contributed by atoms with Crippen LogP contribution in [0.2, 0.25) is 0 Å². The first-order chi connectivity index (χ1) is 5.79. The average molecular weight is 163 g/mol. The molecule has 2 nitrogen and oxygen atoms in total. The molecule has 1 aromatic rings. The third-order valence-electron chi connectivity index (χ3n) is 2.33. The van der Waals surface area contributed by atoms with Gasteiger partial charge < -0.3 is 5.11 Å². The molecule has 0 saturated heterocycles. The first-order valence-corrected chi connectivity index (χ1v) is 4.19. The molecule has 0 bridgehead atoms. The Labute approximate surface area is 72.4 Å². The Morgan fingerprint density at radius 3 is 2.83 bits per heavy atom. The summed E-state index contributed by atoms with van der Waals surface area (Å²) in [5.41, 5.74) is 3.78. The van der Waals surface area contributed by atoms with Crippen LogP contribution >= 0.6 is 0 Å². The van der Waals surface area contributed by atoms with Crippen LogP contribution in [0, 0.1) is 0 Å². The van der Waals surface area contributed by atoms with Gasteiger partial charge in [0.2, 0.25) is 0 Å². The van der Waals surface area contributed by atoms with E-state index in [1.165, 1.54) is 11.1 Å². The van der Waals surface area contributed by atoms with Crippen molar-refractivity contribution < 1.29 is 5.11 Å². The summed E-state index contributed by atoms with van der Waals surface area (Å²) in [6, 6.07) is 6.21. The zero-order chi connectivity index (χ0) is 8.55. The minimum atomic E-state index is 0.150. The van der Waals surface area contributed by atoms with Crippen LogP contribution in [0.1, 0.15) is 16.7 Å². The van der Waals surface area contributed by atoms with E-state index in [4.69, 9.17) is 5.11 Å². The second-order valence-corrected chi connectivity index (χ2v) is 3.43. The number of fused-ring (bicyclic) bond motifs is 1. The van der Waals surface area contributed by atoms with Gasteiger partial charge in [0.25, 0.3) is 0 Å². The van der Waals surface area contributed by atoms with Gasteiger partial charge in [0.15, 0.2) is 0 Å². The van der Waals surface area contributed by atoms with Gasteiger partial charge in [-0.3, -0.25) is 4.90 Å². The molecule has 1 aliphatic heterocycles. The number of nitrogens with zero attached hydrogens (tertiary/aromatic N) is 1. The van der Waals surface area contributed by atoms with Crippen molar-refractivity contribution in [2.24, 2.45) is 0 Å². The number of rotatable bonds is 1. The molecular weight excluding hydrogens is 150 g/mol. The van der Waals surface area contributed by atoms with Crippen LogP contribution in [0.3, 0.4) is 0 Å². The molecule has 1 N–H and O–H groups in total. The number of aliphatic hydroxyl groups excluding tert-OH is 1. The van der Waals surface area contributed by atoms with Crippen molar-refractivity contribution in [2.75, 3.05) is 7.05 Å². The summed E-state index contributed by atoms with van der Waals surface area (Å²) in [4.78, 5) is 2.27. The summed E-state index contributed by atoms with van der Waals surface area (Å²) >= 11 is 0. The van der Waals surface area contributed by atoms with Crippen LogP contribution < -0.4 is 0 Å². The van der Waals surface area contributed by atoms with E-state index in [9.17, 15) is 0 Å². The first kappa shape index (κ1) is 7.77. The van der Waals surface area contributed by atoms with E-state index in [1.54, 1.807) is 0 Å². The molecule has 1 aromatic carbocycles. The number of benzene rings is 1. The molecule has 0 unspecified atom stereocenters. The molecule has 0 amide bonds. The van der Waals surface area contributed by atoms with Crippen LogP contribution in [0.25, 0.3) is 0 Å². The van der Waals surface area contributed by atoms with E-state index >= 15 is 0 Å². The predicted molar refractivity (Wildman–Crippen MR) is 47.5 cm³/mol. The third-order valence-corrected chi connectivity index (χ3v) is 2.33. The number of hydrogen-bond acceptors (Lipinski definition) is 2. The van der Waals surface area contributed by atoms with Crippen molar-refractivity contribution in [1.82, 2.24) is 4.90 Å². The lowest BCUT2D eigenvalue weighted by molar-refractivity contribution is 0.281. The maximum absolute atomic E-state index is 8.92. The highest BCUT2D eigenvalue weighted by Gasteiger charge is 2.14. The molecule has 2 rings (SSSR count). The molecule has 0 fully saturated rings. The first-order valence-electron chi connectivity index (χ1n) is 4.19. The molecule has 64 valence electrons. The zero-order valence-corrected chi connectivity index (χ0v) is 7.25. The Balaban J connectivity index is 2.35. The molecule has 1 aliphatic rings. The Kier molecular flexibility index (Phi) is 1.87. The average Bonchev–Trinajstić information content (AvgIpc) is 2.43. The van der Waals surface area contributed by atoms with Gasteiger partial charge in [-0.2, -0.15) is 0 Å². The van der Waals surface area contributed by atoms with Crippen LogP contribution in [0.5, 0.6) is 0 Å². The standard InChI is InChI=1S/C10H13NO/c1-11-5-9-3-2-8(7-12)4-10(9)6-11/h2-4,12H,5-7H2,1H3. The van der Waals surface area contributed by atoms with Gasteiger partial charge in [-0.25, -0.2) is 0 Å². The summed E-state index contributed by atoms with van der Waals surface area (Å²) in [6.45, 7) is 2.21. The quantitative estimate of drug-likeness (QED) is 0.670. The fourth-order valence-corrected chi connectivity index (χ4v) is 1.72. The highest BCUT2D eigenvalue weighted by molar-refractivity contribution is 5.34. The fraction of sp³-hybridized carbons (Fsp3) is 0.400. The van der Waals surface area contributed by atoms with Gasteiger partial charge >= 0.3 is 0 Å². The zero-order valence-electron chi connectivity index (χ0n) is 7.25. The molecule has 1 heterocycles. The highest BCUT2D eigenvalue weighted by Crippen LogP contribution is 2.22. The highest BCUT2D eigenvalue weighted by atomic mass is 16.3. The second-order valence-electron chi connectivity index (χ2n) is 3.43. The molecule has 0 saturated carbocycles. The third kappa shape index (κ3) is 1.24. The molecule has 0 atom stereocenters. The molecule has 2 heteroatoms.